The van der Waals surface area contributed by atoms with Gasteiger partial charge in [0.2, 0.25) is 5.91 Å². The number of methoxy groups -OCH3 is 1. The molecule has 21 heavy (non-hydrogen) atoms. The molecule has 1 aromatic rings. The molecule has 0 aromatic heterocycles. The first-order valence-corrected chi connectivity index (χ1v) is 7.06. The fourth-order valence-electron chi connectivity index (χ4n) is 2.20. The van der Waals surface area contributed by atoms with Crippen molar-refractivity contribution in [1.29, 1.82) is 0 Å². The summed E-state index contributed by atoms with van der Waals surface area (Å²) in [4.78, 5) is 22.9. The topological polar surface area (TPSA) is 79.5 Å². The summed E-state index contributed by atoms with van der Waals surface area (Å²) >= 11 is 0. The third kappa shape index (κ3) is 4.37. The minimum atomic E-state index is -0.471. The van der Waals surface area contributed by atoms with E-state index in [-0.39, 0.29) is 18.0 Å². The van der Waals surface area contributed by atoms with Crippen LogP contribution in [0.15, 0.2) is 24.3 Å². The number of rotatable bonds is 6. The molecule has 0 bridgehead atoms. The number of benzene rings is 1. The molecule has 1 aliphatic rings. The molecule has 3 amide bonds. The Morgan fingerprint density at radius 1 is 1.43 bits per heavy atom. The largest absolute Gasteiger partial charge is 0.497 e. The zero-order chi connectivity index (χ0) is 15.2. The molecule has 6 heteroatoms. The third-order valence-electron chi connectivity index (χ3n) is 3.50. The van der Waals surface area contributed by atoms with Gasteiger partial charge >= 0.3 is 6.03 Å². The fourth-order valence-corrected chi connectivity index (χ4v) is 2.20. The molecule has 0 saturated carbocycles. The maximum atomic E-state index is 11.9. The average Bonchev–Trinajstić information content (AvgIpc) is 2.92. The molecule has 0 spiro atoms. The fraction of sp³-hybridized carbons (Fsp3) is 0.467. The molecule has 2 atom stereocenters. The second-order valence-corrected chi connectivity index (χ2v) is 5.20. The normalized spacial score (nSPS) is 18.6. The van der Waals surface area contributed by atoms with Gasteiger partial charge < -0.3 is 20.7 Å². The molecule has 114 valence electrons. The van der Waals surface area contributed by atoms with Gasteiger partial charge in [-0.2, -0.15) is 0 Å². The van der Waals surface area contributed by atoms with Gasteiger partial charge in [-0.1, -0.05) is 12.1 Å². The van der Waals surface area contributed by atoms with Crippen molar-refractivity contribution in [3.8, 4) is 5.75 Å². The van der Waals surface area contributed by atoms with Crippen molar-refractivity contribution in [2.75, 3.05) is 13.7 Å². The van der Waals surface area contributed by atoms with E-state index in [2.05, 4.69) is 16.0 Å². The summed E-state index contributed by atoms with van der Waals surface area (Å²) in [6.45, 7) is 2.31. The first-order valence-electron chi connectivity index (χ1n) is 7.06. The SMILES string of the molecule is COc1ccc(CCC(C)NC(=O)C2CNC(=O)N2)cc1. The van der Waals surface area contributed by atoms with Gasteiger partial charge in [-0.3, -0.25) is 4.79 Å². The molecule has 0 radical (unpaired) electrons. The van der Waals surface area contributed by atoms with Crippen LogP contribution in [0, 0.1) is 0 Å². The summed E-state index contributed by atoms with van der Waals surface area (Å²) < 4.78 is 5.12. The number of carbonyl (C=O) groups excluding carboxylic acids is 2. The van der Waals surface area contributed by atoms with Gasteiger partial charge in [0.1, 0.15) is 11.8 Å². The van der Waals surface area contributed by atoms with E-state index in [0.717, 1.165) is 18.6 Å². The zero-order valence-electron chi connectivity index (χ0n) is 12.3. The molecule has 1 aliphatic heterocycles. The first kappa shape index (κ1) is 15.2. The minimum Gasteiger partial charge on any atom is -0.497 e. The number of amides is 3. The minimum absolute atomic E-state index is 0.0529. The summed E-state index contributed by atoms with van der Waals surface area (Å²) in [6.07, 6.45) is 1.72. The summed E-state index contributed by atoms with van der Waals surface area (Å²) in [5, 5.41) is 8.06. The Labute approximate surface area is 124 Å². The maximum Gasteiger partial charge on any atom is 0.315 e. The van der Waals surface area contributed by atoms with Gasteiger partial charge in [-0.25, -0.2) is 4.79 Å². The van der Waals surface area contributed by atoms with Crippen molar-refractivity contribution < 1.29 is 14.3 Å². The van der Waals surface area contributed by atoms with Gasteiger partial charge in [0.05, 0.1) is 7.11 Å². The van der Waals surface area contributed by atoms with E-state index in [9.17, 15) is 9.59 Å². The number of urea groups is 1. The van der Waals surface area contributed by atoms with Crippen LogP contribution in [0.1, 0.15) is 18.9 Å². The molecule has 1 aromatic carbocycles. The smallest absolute Gasteiger partial charge is 0.315 e. The Morgan fingerprint density at radius 2 is 2.14 bits per heavy atom. The molecule has 0 aliphatic carbocycles. The van der Waals surface area contributed by atoms with E-state index < -0.39 is 6.04 Å². The van der Waals surface area contributed by atoms with Crippen molar-refractivity contribution in [2.45, 2.75) is 31.8 Å². The van der Waals surface area contributed by atoms with Crippen LogP contribution < -0.4 is 20.7 Å². The molecular formula is C15H21N3O3. The van der Waals surface area contributed by atoms with Crippen LogP contribution in [0.3, 0.4) is 0 Å². The highest BCUT2D eigenvalue weighted by atomic mass is 16.5. The van der Waals surface area contributed by atoms with E-state index >= 15 is 0 Å². The second-order valence-electron chi connectivity index (χ2n) is 5.20. The quantitative estimate of drug-likeness (QED) is 0.726. The summed E-state index contributed by atoms with van der Waals surface area (Å²) in [7, 11) is 1.64. The van der Waals surface area contributed by atoms with Gasteiger partial charge in [0, 0.05) is 12.6 Å². The summed E-state index contributed by atoms with van der Waals surface area (Å²) in [6, 6.07) is 7.19. The summed E-state index contributed by atoms with van der Waals surface area (Å²) in [5.41, 5.74) is 1.20. The van der Waals surface area contributed by atoms with E-state index in [1.54, 1.807) is 7.11 Å². The van der Waals surface area contributed by atoms with E-state index in [0.29, 0.717) is 6.54 Å². The van der Waals surface area contributed by atoms with Crippen LogP contribution in [0.2, 0.25) is 0 Å². The zero-order valence-corrected chi connectivity index (χ0v) is 12.3. The van der Waals surface area contributed by atoms with Gasteiger partial charge in [-0.15, -0.1) is 0 Å². The number of hydrogen-bond acceptors (Lipinski definition) is 3. The highest BCUT2D eigenvalue weighted by Gasteiger charge is 2.27. The lowest BCUT2D eigenvalue weighted by Gasteiger charge is -2.16. The van der Waals surface area contributed by atoms with Crippen LogP contribution in [0.25, 0.3) is 0 Å². The third-order valence-corrected chi connectivity index (χ3v) is 3.50. The Bertz CT molecular complexity index is 501. The molecule has 2 unspecified atom stereocenters. The van der Waals surface area contributed by atoms with Crippen LogP contribution in [0.4, 0.5) is 4.79 Å². The van der Waals surface area contributed by atoms with Crippen molar-refractivity contribution in [3.63, 3.8) is 0 Å². The highest BCUT2D eigenvalue weighted by Crippen LogP contribution is 2.13. The molecule has 1 fully saturated rings. The average molecular weight is 291 g/mol. The number of aryl methyl sites for hydroxylation is 1. The van der Waals surface area contributed by atoms with Crippen LogP contribution in [-0.2, 0) is 11.2 Å². The number of ether oxygens (including phenoxy) is 1. The molecule has 1 heterocycles. The Balaban J connectivity index is 1.74. The second kappa shape index (κ2) is 6.97. The molecule has 3 N–H and O–H groups in total. The molecule has 2 rings (SSSR count). The van der Waals surface area contributed by atoms with E-state index in [4.69, 9.17) is 4.74 Å². The maximum absolute atomic E-state index is 11.9. The number of nitrogens with one attached hydrogen (secondary N) is 3. The Morgan fingerprint density at radius 3 is 2.71 bits per heavy atom. The predicted molar refractivity (Wildman–Crippen MR) is 79.2 cm³/mol. The van der Waals surface area contributed by atoms with Gasteiger partial charge in [0.15, 0.2) is 0 Å². The predicted octanol–water partition coefficient (Wildman–Crippen LogP) is 0.814. The van der Waals surface area contributed by atoms with Crippen LogP contribution in [-0.4, -0.2) is 37.7 Å². The van der Waals surface area contributed by atoms with Crippen molar-refractivity contribution in [2.24, 2.45) is 0 Å². The van der Waals surface area contributed by atoms with Crippen LogP contribution in [0.5, 0.6) is 5.75 Å². The lowest BCUT2D eigenvalue weighted by molar-refractivity contribution is -0.123. The van der Waals surface area contributed by atoms with Crippen molar-refractivity contribution in [3.05, 3.63) is 29.8 Å². The Kier molecular flexibility index (Phi) is 5.03. The number of carbonyl (C=O) groups is 2. The lowest BCUT2D eigenvalue weighted by atomic mass is 10.1. The standard InChI is InChI=1S/C15H21N3O3/c1-10(17-14(19)13-9-16-15(20)18-13)3-4-11-5-7-12(21-2)8-6-11/h5-8,10,13H,3-4,9H2,1-2H3,(H,17,19)(H2,16,18,20). The van der Waals surface area contributed by atoms with Gasteiger partial charge in [0.25, 0.3) is 0 Å². The highest BCUT2D eigenvalue weighted by molar-refractivity contribution is 5.90. The van der Waals surface area contributed by atoms with Crippen molar-refractivity contribution >= 4 is 11.9 Å². The molecular weight excluding hydrogens is 270 g/mol. The number of hydrogen-bond donors (Lipinski definition) is 3. The summed E-state index contributed by atoms with van der Waals surface area (Å²) in [5.74, 6) is 0.695. The van der Waals surface area contributed by atoms with Gasteiger partial charge in [-0.05, 0) is 37.5 Å². The van der Waals surface area contributed by atoms with E-state index in [1.807, 2.05) is 31.2 Å². The monoisotopic (exact) mass is 291 g/mol. The van der Waals surface area contributed by atoms with Crippen molar-refractivity contribution in [1.82, 2.24) is 16.0 Å². The Hall–Kier alpha value is -2.24. The lowest BCUT2D eigenvalue weighted by Crippen LogP contribution is -2.46. The van der Waals surface area contributed by atoms with Crippen LogP contribution >= 0.6 is 0 Å². The molecule has 1 saturated heterocycles. The van der Waals surface area contributed by atoms with E-state index in [1.165, 1.54) is 5.56 Å². The first-order chi connectivity index (χ1) is 10.1. The molecule has 6 nitrogen and oxygen atoms in total.